The van der Waals surface area contributed by atoms with Crippen molar-refractivity contribution in [1.82, 2.24) is 4.90 Å². The largest absolute Gasteiger partial charge is 0.497 e. The first-order valence-electron chi connectivity index (χ1n) is 18.7. The van der Waals surface area contributed by atoms with Crippen LogP contribution in [-0.2, 0) is 31.3 Å². The standard InChI is InChI=1S/C42H46N4O8Si/c1-28-40(55(3,4)35-19-17-34(53-2)18-20-35)38(24-39(49)43-22-8-11-33(43)26-47)54-42(28)36-23-32(46(51)52)16-21-37(36)44(41(42)50)25-29-12-14-31(15-13-29)45(27-48)30-9-6-5-7-10-30/h5-7,9-10,12-21,23,27-28,33,38,40,47H,8,11,22,24-26H2,1-4H3/t28-,33+,38+,40-,42+/m1/s1. The third-order valence-corrected chi connectivity index (χ3v) is 16.4. The van der Waals surface area contributed by atoms with Gasteiger partial charge in [0.2, 0.25) is 12.3 Å². The van der Waals surface area contributed by atoms with Gasteiger partial charge in [-0.3, -0.25) is 29.4 Å². The number of fused-ring (bicyclic) bond motifs is 2. The molecule has 0 radical (unpaired) electrons. The molecule has 0 unspecified atom stereocenters. The molecule has 3 aliphatic rings. The number of nitro groups is 1. The zero-order chi connectivity index (χ0) is 39.1. The second-order valence-electron chi connectivity index (χ2n) is 15.3. The van der Waals surface area contributed by atoms with E-state index in [1.165, 1.54) is 17.0 Å². The van der Waals surface area contributed by atoms with E-state index >= 15 is 4.79 Å². The number of methoxy groups -OCH3 is 1. The highest BCUT2D eigenvalue weighted by molar-refractivity contribution is 6.91. The Bertz CT molecular complexity index is 2080. The van der Waals surface area contributed by atoms with Gasteiger partial charge in [0.25, 0.3) is 11.6 Å². The highest BCUT2D eigenvalue weighted by Gasteiger charge is 2.67. The van der Waals surface area contributed by atoms with E-state index in [0.29, 0.717) is 41.3 Å². The van der Waals surface area contributed by atoms with Crippen LogP contribution in [0.25, 0.3) is 0 Å². The van der Waals surface area contributed by atoms with Gasteiger partial charge in [-0.25, -0.2) is 0 Å². The average Bonchev–Trinajstić information content (AvgIpc) is 3.86. The molecule has 0 aliphatic carbocycles. The molecule has 286 valence electrons. The SMILES string of the molecule is COc1ccc([Si](C)(C)[C@H]2[C@H](CC(=O)N3CCC[C@H]3CO)O[C@@]3(C(=O)N(Cc4ccc(N(C=O)c5ccccc5)cc4)c4ccc([N+](=O)[O-])cc43)[C@@H]2C)cc1. The quantitative estimate of drug-likeness (QED) is 0.0798. The van der Waals surface area contributed by atoms with Crippen LogP contribution in [0.5, 0.6) is 5.75 Å². The zero-order valence-corrected chi connectivity index (χ0v) is 32.5. The van der Waals surface area contributed by atoms with Crippen LogP contribution in [0, 0.1) is 16.0 Å². The minimum absolute atomic E-state index is 0.00743. The monoisotopic (exact) mass is 762 g/mol. The molecule has 1 spiro atoms. The molecule has 2 saturated heterocycles. The Hall–Kier alpha value is -5.37. The number of nitro benzene ring substituents is 1. The Morgan fingerprint density at radius 2 is 1.75 bits per heavy atom. The maximum atomic E-state index is 15.2. The first kappa shape index (κ1) is 37.9. The van der Waals surface area contributed by atoms with E-state index < -0.39 is 30.6 Å². The molecular weight excluding hydrogens is 717 g/mol. The average molecular weight is 763 g/mol. The number of likely N-dealkylation sites (tertiary alicyclic amines) is 1. The molecule has 4 aromatic carbocycles. The van der Waals surface area contributed by atoms with Gasteiger partial charge in [-0.2, -0.15) is 0 Å². The van der Waals surface area contributed by atoms with Gasteiger partial charge in [0.05, 0.1) is 57.5 Å². The number of anilines is 3. The minimum atomic E-state index is -2.60. The Balaban J connectivity index is 1.28. The third-order valence-electron chi connectivity index (χ3n) is 12.0. The molecule has 3 heterocycles. The summed E-state index contributed by atoms with van der Waals surface area (Å²) >= 11 is 0. The summed E-state index contributed by atoms with van der Waals surface area (Å²) in [6, 6.07) is 28.7. The fourth-order valence-corrected chi connectivity index (χ4v) is 13.2. The van der Waals surface area contributed by atoms with Crippen LogP contribution >= 0.6 is 0 Å². The number of non-ortho nitro benzene ring substituents is 1. The van der Waals surface area contributed by atoms with E-state index in [2.05, 4.69) is 13.1 Å². The van der Waals surface area contributed by atoms with Gasteiger partial charge >= 0.3 is 0 Å². The number of aliphatic hydroxyl groups excluding tert-OH is 1. The van der Waals surface area contributed by atoms with Crippen LogP contribution in [0.15, 0.2) is 97.1 Å². The molecule has 55 heavy (non-hydrogen) atoms. The van der Waals surface area contributed by atoms with Crippen molar-refractivity contribution >= 4 is 54.2 Å². The van der Waals surface area contributed by atoms with Gasteiger partial charge in [0.1, 0.15) is 5.75 Å². The topological polar surface area (TPSA) is 143 Å². The summed E-state index contributed by atoms with van der Waals surface area (Å²) < 4.78 is 12.5. The van der Waals surface area contributed by atoms with Gasteiger partial charge in [0.15, 0.2) is 5.60 Å². The van der Waals surface area contributed by atoms with E-state index in [4.69, 9.17) is 9.47 Å². The van der Waals surface area contributed by atoms with E-state index in [1.807, 2.05) is 85.8 Å². The van der Waals surface area contributed by atoms with E-state index in [0.717, 1.165) is 23.6 Å². The molecule has 7 rings (SSSR count). The predicted molar refractivity (Wildman–Crippen MR) is 211 cm³/mol. The lowest BCUT2D eigenvalue weighted by atomic mass is 9.82. The molecule has 3 amide bonds. The number of benzene rings is 4. The Morgan fingerprint density at radius 3 is 2.38 bits per heavy atom. The summed E-state index contributed by atoms with van der Waals surface area (Å²) in [6.45, 7) is 6.97. The zero-order valence-electron chi connectivity index (χ0n) is 31.5. The van der Waals surface area contributed by atoms with Crippen LogP contribution in [0.4, 0.5) is 22.7 Å². The molecule has 13 heteroatoms. The normalized spacial score (nSPS) is 23.3. The highest BCUT2D eigenvalue weighted by atomic mass is 28.3. The van der Waals surface area contributed by atoms with Crippen LogP contribution in [0.1, 0.15) is 37.3 Å². The number of hydrogen-bond donors (Lipinski definition) is 1. The molecule has 3 aliphatic heterocycles. The maximum Gasteiger partial charge on any atom is 0.269 e. The molecule has 4 aromatic rings. The summed E-state index contributed by atoms with van der Waals surface area (Å²) in [6.07, 6.45) is 1.58. The number of aliphatic hydroxyl groups is 1. The summed E-state index contributed by atoms with van der Waals surface area (Å²) in [5, 5.41) is 23.3. The van der Waals surface area contributed by atoms with Crippen molar-refractivity contribution in [3.63, 3.8) is 0 Å². The number of amides is 3. The van der Waals surface area contributed by atoms with Crippen molar-refractivity contribution in [2.24, 2.45) is 5.92 Å². The molecule has 12 nitrogen and oxygen atoms in total. The van der Waals surface area contributed by atoms with Crippen molar-refractivity contribution in [2.45, 2.75) is 69.1 Å². The predicted octanol–water partition coefficient (Wildman–Crippen LogP) is 6.03. The number of carbonyl (C=O) groups is 3. The lowest BCUT2D eigenvalue weighted by Crippen LogP contribution is -2.52. The molecular formula is C42H46N4O8Si. The van der Waals surface area contributed by atoms with Gasteiger partial charge < -0.3 is 24.4 Å². The highest BCUT2D eigenvalue weighted by Crippen LogP contribution is 2.60. The van der Waals surface area contributed by atoms with Gasteiger partial charge in [-0.05, 0) is 66.4 Å². The van der Waals surface area contributed by atoms with Crippen molar-refractivity contribution < 1.29 is 33.9 Å². The van der Waals surface area contributed by atoms with Crippen LogP contribution in [0.2, 0.25) is 18.6 Å². The number of carbonyl (C=O) groups excluding carboxylic acids is 3. The summed E-state index contributed by atoms with van der Waals surface area (Å²) in [7, 11) is -0.991. The molecule has 1 N–H and O–H groups in total. The van der Waals surface area contributed by atoms with Crippen molar-refractivity contribution in [1.29, 1.82) is 0 Å². The van der Waals surface area contributed by atoms with E-state index in [1.54, 1.807) is 23.0 Å². The van der Waals surface area contributed by atoms with Crippen LogP contribution in [-0.4, -0.2) is 73.6 Å². The number of rotatable bonds is 12. The van der Waals surface area contributed by atoms with Gasteiger partial charge in [-0.1, -0.05) is 67.7 Å². The Labute approximate surface area is 321 Å². The second-order valence-corrected chi connectivity index (χ2v) is 19.9. The van der Waals surface area contributed by atoms with Gasteiger partial charge in [-0.15, -0.1) is 0 Å². The Kier molecular flexibility index (Phi) is 10.4. The lowest BCUT2D eigenvalue weighted by Gasteiger charge is -2.37. The molecule has 5 atom stereocenters. The number of hydrogen-bond acceptors (Lipinski definition) is 8. The fraction of sp³-hybridized carbons (Fsp3) is 0.357. The first-order valence-corrected chi connectivity index (χ1v) is 21.7. The smallest absolute Gasteiger partial charge is 0.269 e. The summed E-state index contributed by atoms with van der Waals surface area (Å²) in [5.74, 6) is -0.246. The molecule has 0 bridgehead atoms. The minimum Gasteiger partial charge on any atom is -0.497 e. The lowest BCUT2D eigenvalue weighted by molar-refractivity contribution is -0.385. The van der Waals surface area contributed by atoms with Gasteiger partial charge in [0, 0.05) is 41.5 Å². The third kappa shape index (κ3) is 6.59. The molecule has 0 saturated carbocycles. The van der Waals surface area contributed by atoms with Crippen molar-refractivity contribution in [3.05, 3.63) is 118 Å². The van der Waals surface area contributed by atoms with Crippen molar-refractivity contribution in [2.75, 3.05) is 30.1 Å². The number of para-hydroxylation sites is 1. The fourth-order valence-electron chi connectivity index (χ4n) is 9.22. The maximum absolute atomic E-state index is 15.2. The van der Waals surface area contributed by atoms with E-state index in [9.17, 15) is 24.8 Å². The summed E-state index contributed by atoms with van der Waals surface area (Å²) in [5.41, 5.74) is 1.06. The molecule has 0 aromatic heterocycles. The van der Waals surface area contributed by atoms with Crippen LogP contribution in [0.3, 0.4) is 0 Å². The summed E-state index contributed by atoms with van der Waals surface area (Å²) in [4.78, 5) is 58.0. The Morgan fingerprint density at radius 1 is 1.05 bits per heavy atom. The molecule has 2 fully saturated rings. The first-order chi connectivity index (χ1) is 26.4. The second kappa shape index (κ2) is 15.0. The van der Waals surface area contributed by atoms with E-state index in [-0.39, 0.29) is 48.7 Å². The number of nitrogens with zero attached hydrogens (tertiary/aromatic N) is 4. The van der Waals surface area contributed by atoms with Crippen molar-refractivity contribution in [3.8, 4) is 5.75 Å². The van der Waals surface area contributed by atoms with Crippen LogP contribution < -0.4 is 19.7 Å². The number of ether oxygens (including phenoxy) is 2.